The van der Waals surface area contributed by atoms with Gasteiger partial charge < -0.3 is 5.32 Å². The maximum absolute atomic E-state index is 11.9. The van der Waals surface area contributed by atoms with Gasteiger partial charge in [-0.1, -0.05) is 32.1 Å². The zero-order valence-corrected chi connectivity index (χ0v) is 8.93. The van der Waals surface area contributed by atoms with Gasteiger partial charge in [0.05, 0.1) is 6.04 Å². The fourth-order valence-electron chi connectivity index (χ4n) is 2.78. The minimum Gasteiger partial charge on any atom is -0.307 e. The molecule has 0 amide bonds. The summed E-state index contributed by atoms with van der Waals surface area (Å²) in [5, 5.41) is 3.30. The van der Waals surface area contributed by atoms with Crippen molar-refractivity contribution in [3.05, 3.63) is 0 Å². The number of carbonyl (C=O) groups is 1. The first kappa shape index (κ1) is 10.2. The molecule has 80 valence electrons. The number of carbonyl (C=O) groups excluding carboxylic acids is 1. The van der Waals surface area contributed by atoms with Gasteiger partial charge in [0.15, 0.2) is 0 Å². The van der Waals surface area contributed by atoms with Crippen molar-refractivity contribution in [2.75, 3.05) is 6.54 Å². The number of Topliss-reactive ketones (excluding diaryl/α,β-unsaturated/α-hetero) is 1. The average molecular weight is 195 g/mol. The fourth-order valence-corrected chi connectivity index (χ4v) is 2.78. The number of hydrogen-bond donors (Lipinski definition) is 1. The van der Waals surface area contributed by atoms with E-state index in [0.717, 1.165) is 19.4 Å². The molecule has 2 rings (SSSR count). The van der Waals surface area contributed by atoms with Crippen molar-refractivity contribution in [2.45, 2.75) is 57.4 Å². The zero-order valence-electron chi connectivity index (χ0n) is 8.93. The van der Waals surface area contributed by atoms with Gasteiger partial charge in [0, 0.05) is 6.42 Å². The average Bonchev–Trinajstić information content (AvgIpc) is 2.72. The predicted molar refractivity (Wildman–Crippen MR) is 57.2 cm³/mol. The van der Waals surface area contributed by atoms with E-state index in [-0.39, 0.29) is 6.04 Å². The van der Waals surface area contributed by atoms with Gasteiger partial charge in [-0.3, -0.25) is 4.79 Å². The molecule has 14 heavy (non-hydrogen) atoms. The molecule has 0 radical (unpaired) electrons. The molecule has 0 bridgehead atoms. The van der Waals surface area contributed by atoms with E-state index in [0.29, 0.717) is 11.7 Å². The first-order valence-corrected chi connectivity index (χ1v) is 6.12. The third-order valence-corrected chi connectivity index (χ3v) is 3.66. The Balaban J connectivity index is 1.75. The Hall–Kier alpha value is -0.370. The lowest BCUT2D eigenvalue weighted by molar-refractivity contribution is -0.121. The van der Waals surface area contributed by atoms with Crippen LogP contribution in [0.5, 0.6) is 0 Å². The van der Waals surface area contributed by atoms with Crippen molar-refractivity contribution < 1.29 is 4.79 Å². The van der Waals surface area contributed by atoms with E-state index >= 15 is 0 Å². The summed E-state index contributed by atoms with van der Waals surface area (Å²) in [5.41, 5.74) is 0. The molecule has 1 aliphatic carbocycles. The third-order valence-electron chi connectivity index (χ3n) is 3.66. The quantitative estimate of drug-likeness (QED) is 0.748. The molecule has 1 heterocycles. The van der Waals surface area contributed by atoms with Crippen LogP contribution in [0.4, 0.5) is 0 Å². The van der Waals surface area contributed by atoms with Crippen LogP contribution in [-0.2, 0) is 4.79 Å². The topological polar surface area (TPSA) is 29.1 Å². The summed E-state index contributed by atoms with van der Waals surface area (Å²) >= 11 is 0. The van der Waals surface area contributed by atoms with Crippen LogP contribution in [0.2, 0.25) is 0 Å². The smallest absolute Gasteiger partial charge is 0.150 e. The second-order valence-electron chi connectivity index (χ2n) is 4.82. The van der Waals surface area contributed by atoms with E-state index < -0.39 is 0 Å². The van der Waals surface area contributed by atoms with Crippen LogP contribution in [0.15, 0.2) is 0 Å². The highest BCUT2D eigenvalue weighted by molar-refractivity contribution is 5.84. The summed E-state index contributed by atoms with van der Waals surface area (Å²) in [6, 6.07) is 0.205. The van der Waals surface area contributed by atoms with E-state index in [1.807, 2.05) is 0 Å². The van der Waals surface area contributed by atoms with Crippen LogP contribution in [0.1, 0.15) is 51.4 Å². The molecule has 0 aromatic rings. The SMILES string of the molecule is O=C(CC1CCCCC1)[C@H]1CCCN1. The molecular weight excluding hydrogens is 174 g/mol. The highest BCUT2D eigenvalue weighted by Crippen LogP contribution is 2.27. The van der Waals surface area contributed by atoms with Crippen molar-refractivity contribution in [1.29, 1.82) is 0 Å². The first-order chi connectivity index (χ1) is 6.86. The van der Waals surface area contributed by atoms with E-state index in [1.165, 1.54) is 38.5 Å². The maximum Gasteiger partial charge on any atom is 0.150 e. The Morgan fingerprint density at radius 1 is 1.07 bits per heavy atom. The maximum atomic E-state index is 11.9. The summed E-state index contributed by atoms with van der Waals surface area (Å²) < 4.78 is 0. The summed E-state index contributed by atoms with van der Waals surface area (Å²) in [6.07, 6.45) is 9.75. The fraction of sp³-hybridized carbons (Fsp3) is 0.917. The van der Waals surface area contributed by atoms with E-state index in [9.17, 15) is 4.79 Å². The molecule has 0 unspecified atom stereocenters. The highest BCUT2D eigenvalue weighted by Gasteiger charge is 2.25. The summed E-state index contributed by atoms with van der Waals surface area (Å²) in [4.78, 5) is 11.9. The third kappa shape index (κ3) is 2.57. The van der Waals surface area contributed by atoms with Gasteiger partial charge in [0.1, 0.15) is 5.78 Å². The normalized spacial score (nSPS) is 29.3. The Kier molecular flexibility index (Phi) is 3.57. The Morgan fingerprint density at radius 3 is 2.50 bits per heavy atom. The van der Waals surface area contributed by atoms with Crippen molar-refractivity contribution in [3.8, 4) is 0 Å². The lowest BCUT2D eigenvalue weighted by Gasteiger charge is -2.22. The van der Waals surface area contributed by atoms with E-state index in [4.69, 9.17) is 0 Å². The minimum atomic E-state index is 0.205. The van der Waals surface area contributed by atoms with Crippen LogP contribution in [0.25, 0.3) is 0 Å². The van der Waals surface area contributed by atoms with Gasteiger partial charge in [-0.25, -0.2) is 0 Å². The van der Waals surface area contributed by atoms with Gasteiger partial charge in [0.25, 0.3) is 0 Å². The van der Waals surface area contributed by atoms with Crippen molar-refractivity contribution in [2.24, 2.45) is 5.92 Å². The molecule has 1 atom stereocenters. The lowest BCUT2D eigenvalue weighted by atomic mass is 9.84. The predicted octanol–water partition coefficient (Wildman–Crippen LogP) is 2.28. The summed E-state index contributed by atoms with van der Waals surface area (Å²) in [5.74, 6) is 1.19. The molecule has 0 aromatic carbocycles. The van der Waals surface area contributed by atoms with E-state index in [1.54, 1.807) is 0 Å². The molecule has 1 N–H and O–H groups in total. The summed E-state index contributed by atoms with van der Waals surface area (Å²) in [7, 11) is 0. The van der Waals surface area contributed by atoms with Crippen LogP contribution in [0.3, 0.4) is 0 Å². The van der Waals surface area contributed by atoms with Gasteiger partial charge >= 0.3 is 0 Å². The van der Waals surface area contributed by atoms with Gasteiger partial charge in [-0.15, -0.1) is 0 Å². The molecule has 2 fully saturated rings. The second kappa shape index (κ2) is 4.92. The molecule has 0 aromatic heterocycles. The van der Waals surface area contributed by atoms with Crippen LogP contribution < -0.4 is 5.32 Å². The first-order valence-electron chi connectivity index (χ1n) is 6.12. The largest absolute Gasteiger partial charge is 0.307 e. The van der Waals surface area contributed by atoms with Crippen molar-refractivity contribution in [3.63, 3.8) is 0 Å². The van der Waals surface area contributed by atoms with Crippen LogP contribution in [-0.4, -0.2) is 18.4 Å². The molecule has 2 heteroatoms. The number of rotatable bonds is 3. The highest BCUT2D eigenvalue weighted by atomic mass is 16.1. The van der Waals surface area contributed by atoms with Crippen LogP contribution >= 0.6 is 0 Å². The van der Waals surface area contributed by atoms with Gasteiger partial charge in [-0.05, 0) is 25.3 Å². The minimum absolute atomic E-state index is 0.205. The Bertz CT molecular complexity index is 190. The molecule has 1 saturated carbocycles. The molecular formula is C12H21NO. The van der Waals surface area contributed by atoms with E-state index in [2.05, 4.69) is 5.32 Å². The number of hydrogen-bond acceptors (Lipinski definition) is 2. The molecule has 1 saturated heterocycles. The Labute approximate surface area is 86.5 Å². The standard InChI is InChI=1S/C12H21NO/c14-12(11-7-4-8-13-11)9-10-5-2-1-3-6-10/h10-11,13H,1-9H2/t11-/m1/s1. The molecule has 1 aliphatic heterocycles. The molecule has 0 spiro atoms. The van der Waals surface area contributed by atoms with Gasteiger partial charge in [-0.2, -0.15) is 0 Å². The van der Waals surface area contributed by atoms with Gasteiger partial charge in [0.2, 0.25) is 0 Å². The molecule has 2 nitrogen and oxygen atoms in total. The monoisotopic (exact) mass is 195 g/mol. The number of nitrogens with one attached hydrogen (secondary N) is 1. The van der Waals surface area contributed by atoms with Crippen LogP contribution in [0, 0.1) is 5.92 Å². The Morgan fingerprint density at radius 2 is 1.86 bits per heavy atom. The summed E-state index contributed by atoms with van der Waals surface area (Å²) in [6.45, 7) is 1.04. The number of ketones is 1. The zero-order chi connectivity index (χ0) is 9.80. The van der Waals surface area contributed by atoms with Crippen molar-refractivity contribution in [1.82, 2.24) is 5.32 Å². The van der Waals surface area contributed by atoms with Crippen molar-refractivity contribution >= 4 is 5.78 Å². The lowest BCUT2D eigenvalue weighted by Crippen LogP contribution is -2.32. The second-order valence-corrected chi connectivity index (χ2v) is 4.82. The molecule has 2 aliphatic rings.